The minimum absolute atomic E-state index is 0.0580. The summed E-state index contributed by atoms with van der Waals surface area (Å²) in [6.45, 7) is 5.73. The van der Waals surface area contributed by atoms with Gasteiger partial charge in [-0.25, -0.2) is 4.98 Å². The summed E-state index contributed by atoms with van der Waals surface area (Å²) in [7, 11) is 0. The highest BCUT2D eigenvalue weighted by Crippen LogP contribution is 2.25. The van der Waals surface area contributed by atoms with Crippen molar-refractivity contribution < 1.29 is 9.59 Å². The molecule has 0 aromatic carbocycles. The number of amides is 2. The first-order chi connectivity index (χ1) is 10.0. The lowest BCUT2D eigenvalue weighted by molar-refractivity contribution is -0.133. The average molecular weight is 325 g/mol. The molecule has 2 heterocycles. The summed E-state index contributed by atoms with van der Waals surface area (Å²) in [5.41, 5.74) is 0.697. The van der Waals surface area contributed by atoms with E-state index < -0.39 is 6.04 Å². The number of aromatic nitrogens is 1. The van der Waals surface area contributed by atoms with E-state index in [9.17, 15) is 9.59 Å². The van der Waals surface area contributed by atoms with E-state index in [0.29, 0.717) is 22.3 Å². The van der Waals surface area contributed by atoms with Gasteiger partial charge >= 0.3 is 0 Å². The largest absolute Gasteiger partial charge is 0.317 e. The molecule has 0 aliphatic carbocycles. The zero-order valence-corrected chi connectivity index (χ0v) is 14.0. The Morgan fingerprint density at radius 2 is 2.33 bits per heavy atom. The van der Waals surface area contributed by atoms with Gasteiger partial charge in [-0.1, -0.05) is 13.0 Å². The number of carbonyl (C=O) groups is 2. The highest BCUT2D eigenvalue weighted by molar-refractivity contribution is 7.99. The van der Waals surface area contributed by atoms with Crippen LogP contribution in [-0.4, -0.2) is 39.4 Å². The van der Waals surface area contributed by atoms with Crippen LogP contribution in [0.2, 0.25) is 0 Å². The second kappa shape index (κ2) is 7.09. The molecule has 7 heteroatoms. The molecule has 1 aliphatic heterocycles. The Morgan fingerprint density at radius 1 is 1.57 bits per heavy atom. The summed E-state index contributed by atoms with van der Waals surface area (Å²) in [5.74, 6) is 0.966. The van der Waals surface area contributed by atoms with Crippen LogP contribution in [0.5, 0.6) is 0 Å². The molecule has 1 aliphatic rings. The third kappa shape index (κ3) is 3.85. The summed E-state index contributed by atoms with van der Waals surface area (Å²) in [4.78, 5) is 31.5. The van der Waals surface area contributed by atoms with Crippen LogP contribution < -0.4 is 5.32 Å². The van der Waals surface area contributed by atoms with Gasteiger partial charge in [0.25, 0.3) is 5.91 Å². The van der Waals surface area contributed by atoms with Crippen molar-refractivity contribution in [3.05, 3.63) is 22.7 Å². The molecule has 1 unspecified atom stereocenters. The van der Waals surface area contributed by atoms with Gasteiger partial charge in [-0.05, 0) is 20.3 Å². The van der Waals surface area contributed by atoms with Crippen LogP contribution in [0.4, 0.5) is 5.13 Å². The highest BCUT2D eigenvalue weighted by Gasteiger charge is 2.35. The Kier molecular flexibility index (Phi) is 5.41. The molecule has 2 amide bonds. The van der Waals surface area contributed by atoms with Gasteiger partial charge in [0, 0.05) is 22.4 Å². The van der Waals surface area contributed by atoms with Crippen LogP contribution in [0, 0.1) is 6.92 Å². The number of carbonyl (C=O) groups excluding carboxylic acids is 2. The minimum atomic E-state index is -0.424. The smallest absolute Gasteiger partial charge is 0.250 e. The van der Waals surface area contributed by atoms with E-state index in [1.807, 2.05) is 19.9 Å². The van der Waals surface area contributed by atoms with Crippen molar-refractivity contribution in [2.24, 2.45) is 0 Å². The molecule has 21 heavy (non-hydrogen) atoms. The molecule has 0 spiro atoms. The molecule has 1 saturated heterocycles. The first kappa shape index (κ1) is 16.0. The van der Waals surface area contributed by atoms with Crippen molar-refractivity contribution in [1.82, 2.24) is 9.88 Å². The van der Waals surface area contributed by atoms with Gasteiger partial charge in [0.2, 0.25) is 5.91 Å². The Bertz CT molecular complexity index is 568. The fourth-order valence-corrected chi connectivity index (χ4v) is 3.90. The topological polar surface area (TPSA) is 62.3 Å². The number of hydrogen-bond donors (Lipinski definition) is 1. The number of allylic oxidation sites excluding steroid dienone is 1. The molecule has 2 rings (SSSR count). The quantitative estimate of drug-likeness (QED) is 0.865. The average Bonchev–Trinajstić information content (AvgIpc) is 3.07. The lowest BCUT2D eigenvalue weighted by atomic mass is 10.2. The van der Waals surface area contributed by atoms with E-state index >= 15 is 0 Å². The molecule has 1 aromatic rings. The van der Waals surface area contributed by atoms with Crippen LogP contribution in [-0.2, 0) is 9.59 Å². The van der Waals surface area contributed by atoms with Gasteiger partial charge in [0.1, 0.15) is 6.04 Å². The fraction of sp³-hybridized carbons (Fsp3) is 0.500. The number of thiazole rings is 1. The molecular weight excluding hydrogens is 306 g/mol. The van der Waals surface area contributed by atoms with Crippen LogP contribution in [0.25, 0.3) is 0 Å². The van der Waals surface area contributed by atoms with Crippen molar-refractivity contribution in [3.8, 4) is 0 Å². The van der Waals surface area contributed by atoms with E-state index in [2.05, 4.69) is 10.3 Å². The normalized spacial score (nSPS) is 18.9. The van der Waals surface area contributed by atoms with Gasteiger partial charge in [-0.15, -0.1) is 23.1 Å². The number of nitrogens with one attached hydrogen (secondary N) is 1. The molecule has 1 aromatic heterocycles. The first-order valence-corrected chi connectivity index (χ1v) is 8.78. The second-order valence-electron chi connectivity index (χ2n) is 4.85. The van der Waals surface area contributed by atoms with Crippen LogP contribution >= 0.6 is 23.1 Å². The molecule has 1 N–H and O–H groups in total. The number of hydrogen-bond acceptors (Lipinski definition) is 5. The lowest BCUT2D eigenvalue weighted by Crippen LogP contribution is -2.44. The van der Waals surface area contributed by atoms with E-state index in [0.717, 1.165) is 11.3 Å². The zero-order valence-electron chi connectivity index (χ0n) is 12.4. The summed E-state index contributed by atoms with van der Waals surface area (Å²) < 4.78 is 0. The number of aryl methyl sites for hydroxylation is 1. The Balaban J connectivity index is 2.05. The molecular formula is C14H19N3O2S2. The van der Waals surface area contributed by atoms with E-state index in [1.54, 1.807) is 29.8 Å². The fourth-order valence-electron chi connectivity index (χ4n) is 2.08. The Morgan fingerprint density at radius 3 is 2.95 bits per heavy atom. The maximum absolute atomic E-state index is 12.4. The molecule has 0 bridgehead atoms. The van der Waals surface area contributed by atoms with Gasteiger partial charge < -0.3 is 10.2 Å². The third-order valence-corrected chi connectivity index (χ3v) is 4.99. The standard InChI is InChI=1S/C14H19N3O2S2/c1-4-5-9(2)13(19)17-8-20-7-11(17)12(18)16-14-15-6-10(3)21-14/h5-6,11H,4,7-8H2,1-3H3,(H,15,16,18)/b9-5+. The number of nitrogens with zero attached hydrogens (tertiary/aromatic N) is 2. The molecule has 0 saturated carbocycles. The van der Waals surface area contributed by atoms with Crippen molar-refractivity contribution in [2.45, 2.75) is 33.2 Å². The monoisotopic (exact) mass is 325 g/mol. The van der Waals surface area contributed by atoms with E-state index in [1.165, 1.54) is 11.3 Å². The van der Waals surface area contributed by atoms with E-state index in [4.69, 9.17) is 0 Å². The SMILES string of the molecule is CC/C=C(\C)C(=O)N1CSCC1C(=O)Nc1ncc(C)s1. The lowest BCUT2D eigenvalue weighted by Gasteiger charge is -2.23. The van der Waals surface area contributed by atoms with Crippen LogP contribution in [0.15, 0.2) is 17.8 Å². The zero-order chi connectivity index (χ0) is 15.4. The first-order valence-electron chi connectivity index (χ1n) is 6.81. The highest BCUT2D eigenvalue weighted by atomic mass is 32.2. The van der Waals surface area contributed by atoms with Gasteiger partial charge in [-0.3, -0.25) is 9.59 Å². The molecule has 5 nitrogen and oxygen atoms in total. The summed E-state index contributed by atoms with van der Waals surface area (Å²) >= 11 is 3.03. The number of anilines is 1. The molecule has 1 fully saturated rings. The van der Waals surface area contributed by atoms with Gasteiger partial charge in [0.15, 0.2) is 5.13 Å². The predicted octanol–water partition coefficient (Wildman–Crippen LogP) is 2.65. The number of rotatable bonds is 4. The predicted molar refractivity (Wildman–Crippen MR) is 87.5 cm³/mol. The van der Waals surface area contributed by atoms with Crippen molar-refractivity contribution in [1.29, 1.82) is 0 Å². The molecule has 1 atom stereocenters. The van der Waals surface area contributed by atoms with Crippen LogP contribution in [0.1, 0.15) is 25.1 Å². The number of thioether (sulfide) groups is 1. The van der Waals surface area contributed by atoms with Crippen molar-refractivity contribution in [3.63, 3.8) is 0 Å². The maximum atomic E-state index is 12.4. The maximum Gasteiger partial charge on any atom is 0.250 e. The Labute approximate surface area is 132 Å². The summed E-state index contributed by atoms with van der Waals surface area (Å²) in [5, 5.41) is 3.39. The summed E-state index contributed by atoms with van der Waals surface area (Å²) in [6.07, 6.45) is 4.43. The third-order valence-electron chi connectivity index (χ3n) is 3.14. The van der Waals surface area contributed by atoms with Crippen molar-refractivity contribution in [2.75, 3.05) is 16.9 Å². The molecule has 0 radical (unpaired) electrons. The van der Waals surface area contributed by atoms with Crippen molar-refractivity contribution >= 4 is 40.0 Å². The van der Waals surface area contributed by atoms with Gasteiger partial charge in [-0.2, -0.15) is 0 Å². The van der Waals surface area contributed by atoms with Gasteiger partial charge in [0.05, 0.1) is 5.88 Å². The van der Waals surface area contributed by atoms with Crippen LogP contribution in [0.3, 0.4) is 0 Å². The minimum Gasteiger partial charge on any atom is -0.317 e. The van der Waals surface area contributed by atoms with E-state index in [-0.39, 0.29) is 11.8 Å². The second-order valence-corrected chi connectivity index (χ2v) is 7.09. The molecule has 114 valence electrons. The summed E-state index contributed by atoms with van der Waals surface area (Å²) in [6, 6.07) is -0.424. The Hall–Kier alpha value is -1.34.